The molecule has 136 valence electrons. The maximum absolute atomic E-state index is 11.5. The van der Waals surface area contributed by atoms with Gasteiger partial charge in [-0.3, -0.25) is 4.79 Å². The lowest BCUT2D eigenvalue weighted by Crippen LogP contribution is -2.31. The standard InChI is InChI=1S/C20H24Cl2O3/c21-14-9-18(13-5-3-1-2-4-6-13)17(19(22)10-14)8-7-16-11-15(23)12-20(24)25-16/h7-10,13,15-16,23H,1-6,11-12H2/b8-7+. The molecule has 0 bridgehead atoms. The highest BCUT2D eigenvalue weighted by Crippen LogP contribution is 2.38. The van der Waals surface area contributed by atoms with E-state index in [2.05, 4.69) is 0 Å². The zero-order chi connectivity index (χ0) is 17.8. The first-order valence-corrected chi connectivity index (χ1v) is 9.83. The van der Waals surface area contributed by atoms with Crippen molar-refractivity contribution >= 4 is 35.2 Å². The van der Waals surface area contributed by atoms with Crippen LogP contribution in [0.25, 0.3) is 6.08 Å². The van der Waals surface area contributed by atoms with Crippen LogP contribution in [-0.2, 0) is 9.53 Å². The number of benzene rings is 1. The van der Waals surface area contributed by atoms with E-state index in [1.807, 2.05) is 18.2 Å². The smallest absolute Gasteiger partial charge is 0.309 e. The van der Waals surface area contributed by atoms with Crippen LogP contribution >= 0.6 is 23.2 Å². The molecule has 1 saturated heterocycles. The van der Waals surface area contributed by atoms with E-state index < -0.39 is 12.2 Å². The number of aliphatic hydroxyl groups excluding tert-OH is 1. The summed E-state index contributed by atoms with van der Waals surface area (Å²) in [6, 6.07) is 3.77. The Morgan fingerprint density at radius 3 is 2.52 bits per heavy atom. The van der Waals surface area contributed by atoms with Crippen LogP contribution in [0.5, 0.6) is 0 Å². The fraction of sp³-hybridized carbons (Fsp3) is 0.550. The van der Waals surface area contributed by atoms with Gasteiger partial charge in [-0.1, -0.05) is 55.0 Å². The Balaban J connectivity index is 1.86. The number of carbonyl (C=O) groups is 1. The van der Waals surface area contributed by atoms with Crippen LogP contribution in [0.4, 0.5) is 0 Å². The van der Waals surface area contributed by atoms with Crippen molar-refractivity contribution in [2.75, 3.05) is 0 Å². The molecule has 1 aliphatic carbocycles. The second-order valence-electron chi connectivity index (χ2n) is 7.06. The molecule has 0 spiro atoms. The summed E-state index contributed by atoms with van der Waals surface area (Å²) in [5.41, 5.74) is 2.13. The van der Waals surface area contributed by atoms with Crippen LogP contribution in [0.3, 0.4) is 0 Å². The van der Waals surface area contributed by atoms with Gasteiger partial charge in [0.1, 0.15) is 6.10 Å². The van der Waals surface area contributed by atoms with E-state index in [0.29, 0.717) is 22.4 Å². The Morgan fingerprint density at radius 1 is 1.12 bits per heavy atom. The Morgan fingerprint density at radius 2 is 1.84 bits per heavy atom. The summed E-state index contributed by atoms with van der Waals surface area (Å²) in [6.07, 6.45) is 10.5. The monoisotopic (exact) mass is 382 g/mol. The van der Waals surface area contributed by atoms with Crippen molar-refractivity contribution in [1.29, 1.82) is 0 Å². The molecule has 2 fully saturated rings. The van der Waals surface area contributed by atoms with Crippen molar-refractivity contribution in [1.82, 2.24) is 0 Å². The van der Waals surface area contributed by atoms with Gasteiger partial charge in [0.05, 0.1) is 12.5 Å². The maximum atomic E-state index is 11.5. The minimum Gasteiger partial charge on any atom is -0.458 e. The van der Waals surface area contributed by atoms with Crippen LogP contribution < -0.4 is 0 Å². The van der Waals surface area contributed by atoms with Crippen molar-refractivity contribution in [3.8, 4) is 0 Å². The average Bonchev–Trinajstić information content (AvgIpc) is 2.81. The molecule has 5 heteroatoms. The highest BCUT2D eigenvalue weighted by Gasteiger charge is 2.26. The molecule has 3 rings (SSSR count). The van der Waals surface area contributed by atoms with Crippen molar-refractivity contribution in [2.45, 2.75) is 69.5 Å². The number of rotatable bonds is 3. The first kappa shape index (κ1) is 18.8. The largest absolute Gasteiger partial charge is 0.458 e. The number of esters is 1. The van der Waals surface area contributed by atoms with E-state index in [-0.39, 0.29) is 12.4 Å². The third-order valence-electron chi connectivity index (χ3n) is 5.09. The summed E-state index contributed by atoms with van der Waals surface area (Å²) in [5.74, 6) is 0.0949. The fourth-order valence-corrected chi connectivity index (χ4v) is 4.41. The lowest BCUT2D eigenvalue weighted by atomic mass is 9.88. The van der Waals surface area contributed by atoms with E-state index >= 15 is 0 Å². The van der Waals surface area contributed by atoms with Gasteiger partial charge in [0, 0.05) is 16.5 Å². The lowest BCUT2D eigenvalue weighted by molar-refractivity contribution is -0.156. The molecule has 2 atom stereocenters. The summed E-state index contributed by atoms with van der Waals surface area (Å²) in [5, 5.41) is 11.0. The zero-order valence-corrected chi connectivity index (χ0v) is 15.7. The normalized spacial score (nSPS) is 25.8. The molecule has 1 heterocycles. The van der Waals surface area contributed by atoms with Crippen molar-refractivity contribution in [2.24, 2.45) is 0 Å². The molecule has 1 aliphatic heterocycles. The number of aliphatic hydroxyl groups is 1. The summed E-state index contributed by atoms with van der Waals surface area (Å²) < 4.78 is 5.29. The highest BCUT2D eigenvalue weighted by atomic mass is 35.5. The molecular weight excluding hydrogens is 359 g/mol. The van der Waals surface area contributed by atoms with E-state index in [4.69, 9.17) is 27.9 Å². The van der Waals surface area contributed by atoms with Gasteiger partial charge in [0.25, 0.3) is 0 Å². The molecule has 25 heavy (non-hydrogen) atoms. The summed E-state index contributed by atoms with van der Waals surface area (Å²) in [6.45, 7) is 0. The molecule has 2 aliphatic rings. The third-order valence-corrected chi connectivity index (χ3v) is 5.62. The first-order chi connectivity index (χ1) is 12.0. The van der Waals surface area contributed by atoms with Gasteiger partial charge >= 0.3 is 5.97 Å². The summed E-state index contributed by atoms with van der Waals surface area (Å²) >= 11 is 12.7. The van der Waals surface area contributed by atoms with Gasteiger partial charge in [-0.25, -0.2) is 0 Å². The minimum atomic E-state index is -0.641. The molecule has 2 unspecified atom stereocenters. The number of halogens is 2. The Labute approximate surface area is 159 Å². The Bertz CT molecular complexity index is 649. The SMILES string of the molecule is O=C1CC(O)CC(/C=C/c2c(Cl)cc(Cl)cc2C2CCCCCC2)O1. The molecule has 1 N–H and O–H groups in total. The molecule has 1 aromatic rings. The topological polar surface area (TPSA) is 46.5 Å². The van der Waals surface area contributed by atoms with Gasteiger partial charge in [-0.2, -0.15) is 0 Å². The van der Waals surface area contributed by atoms with Crippen LogP contribution in [0.2, 0.25) is 10.0 Å². The number of ether oxygens (including phenoxy) is 1. The second kappa shape index (κ2) is 8.57. The predicted octanol–water partition coefficient (Wildman–Crippen LogP) is 5.51. The number of hydrogen-bond donors (Lipinski definition) is 1. The molecule has 1 saturated carbocycles. The Kier molecular flexibility index (Phi) is 6.43. The van der Waals surface area contributed by atoms with E-state index in [9.17, 15) is 9.90 Å². The first-order valence-electron chi connectivity index (χ1n) is 9.07. The number of cyclic esters (lactones) is 1. The highest BCUT2D eigenvalue weighted by molar-refractivity contribution is 6.35. The fourth-order valence-electron chi connectivity index (χ4n) is 3.84. The molecule has 0 aromatic heterocycles. The zero-order valence-electron chi connectivity index (χ0n) is 14.2. The molecular formula is C20H24Cl2O3. The van der Waals surface area contributed by atoms with E-state index in [0.717, 1.165) is 18.4 Å². The third kappa shape index (κ3) is 4.99. The van der Waals surface area contributed by atoms with Crippen LogP contribution in [-0.4, -0.2) is 23.3 Å². The van der Waals surface area contributed by atoms with Gasteiger partial charge in [-0.15, -0.1) is 0 Å². The number of hydrogen-bond acceptors (Lipinski definition) is 3. The van der Waals surface area contributed by atoms with E-state index in [1.54, 1.807) is 6.07 Å². The lowest BCUT2D eigenvalue weighted by Gasteiger charge is -2.24. The molecule has 0 radical (unpaired) electrons. The van der Waals surface area contributed by atoms with Crippen LogP contribution in [0, 0.1) is 0 Å². The second-order valence-corrected chi connectivity index (χ2v) is 7.90. The van der Waals surface area contributed by atoms with Gasteiger partial charge in [-0.05, 0) is 48.1 Å². The number of carbonyl (C=O) groups excluding carboxylic acids is 1. The van der Waals surface area contributed by atoms with Crippen molar-refractivity contribution < 1.29 is 14.6 Å². The van der Waals surface area contributed by atoms with Crippen LogP contribution in [0.1, 0.15) is 68.4 Å². The molecule has 3 nitrogen and oxygen atoms in total. The van der Waals surface area contributed by atoms with Crippen LogP contribution in [0.15, 0.2) is 18.2 Å². The molecule has 0 amide bonds. The van der Waals surface area contributed by atoms with Gasteiger partial charge in [0.15, 0.2) is 0 Å². The van der Waals surface area contributed by atoms with Crippen molar-refractivity contribution in [3.63, 3.8) is 0 Å². The summed E-state index contributed by atoms with van der Waals surface area (Å²) in [7, 11) is 0. The van der Waals surface area contributed by atoms with E-state index in [1.165, 1.54) is 31.2 Å². The molecule has 1 aromatic carbocycles. The van der Waals surface area contributed by atoms with Crippen molar-refractivity contribution in [3.05, 3.63) is 39.4 Å². The average molecular weight is 383 g/mol. The van der Waals surface area contributed by atoms with Gasteiger partial charge < -0.3 is 9.84 Å². The minimum absolute atomic E-state index is 0.0688. The maximum Gasteiger partial charge on any atom is 0.309 e. The Hall–Kier alpha value is -1.03. The summed E-state index contributed by atoms with van der Waals surface area (Å²) in [4.78, 5) is 11.5. The quantitative estimate of drug-likeness (QED) is 0.553. The predicted molar refractivity (Wildman–Crippen MR) is 101 cm³/mol. The van der Waals surface area contributed by atoms with Gasteiger partial charge in [0.2, 0.25) is 0 Å².